The highest BCUT2D eigenvalue weighted by Crippen LogP contribution is 2.26. The first kappa shape index (κ1) is 22.8. The van der Waals surface area contributed by atoms with Crippen molar-refractivity contribution in [2.24, 2.45) is 0 Å². The van der Waals surface area contributed by atoms with Crippen molar-refractivity contribution in [2.45, 2.75) is 20.1 Å². The third kappa shape index (κ3) is 5.92. The van der Waals surface area contributed by atoms with E-state index in [-0.39, 0.29) is 24.1 Å². The van der Waals surface area contributed by atoms with Crippen LogP contribution in [0.3, 0.4) is 0 Å². The van der Waals surface area contributed by atoms with Gasteiger partial charge in [-0.3, -0.25) is 9.48 Å². The Labute approximate surface area is 200 Å². The second-order valence-electron chi connectivity index (χ2n) is 7.53. The molecule has 33 heavy (non-hydrogen) atoms. The standard InChI is InChI=1S/C25H20Cl2FN3O2/c1-16-5-10-21(26)23(11-16)33-15-18-3-2-4-19(12-18)25(32)29-24-22(27)14-31(30-24)13-17-6-8-20(28)9-7-17/h2-12,14H,13,15H2,1H3,(H,29,30,32). The van der Waals surface area contributed by atoms with Crippen molar-refractivity contribution in [3.8, 4) is 5.75 Å². The summed E-state index contributed by atoms with van der Waals surface area (Å²) in [6.45, 7) is 2.61. The van der Waals surface area contributed by atoms with Gasteiger partial charge in [0.15, 0.2) is 5.82 Å². The molecule has 0 unspecified atom stereocenters. The van der Waals surface area contributed by atoms with Crippen LogP contribution in [-0.2, 0) is 13.2 Å². The fourth-order valence-corrected chi connectivity index (χ4v) is 3.57. The van der Waals surface area contributed by atoms with Gasteiger partial charge in [-0.2, -0.15) is 5.10 Å². The molecule has 1 aromatic heterocycles. The van der Waals surface area contributed by atoms with E-state index in [1.165, 1.54) is 12.1 Å². The number of anilines is 1. The summed E-state index contributed by atoms with van der Waals surface area (Å²) in [4.78, 5) is 12.8. The molecule has 0 aliphatic rings. The van der Waals surface area contributed by atoms with Crippen molar-refractivity contribution < 1.29 is 13.9 Å². The summed E-state index contributed by atoms with van der Waals surface area (Å²) in [5, 5.41) is 7.90. The van der Waals surface area contributed by atoms with Gasteiger partial charge >= 0.3 is 0 Å². The van der Waals surface area contributed by atoms with E-state index in [2.05, 4.69) is 10.4 Å². The maximum absolute atomic E-state index is 13.1. The van der Waals surface area contributed by atoms with Gasteiger partial charge < -0.3 is 10.1 Å². The van der Waals surface area contributed by atoms with Crippen LogP contribution in [0.1, 0.15) is 27.0 Å². The monoisotopic (exact) mass is 483 g/mol. The van der Waals surface area contributed by atoms with Crippen molar-refractivity contribution in [1.82, 2.24) is 9.78 Å². The van der Waals surface area contributed by atoms with Crippen LogP contribution in [0.15, 0.2) is 72.9 Å². The molecule has 0 atom stereocenters. The Morgan fingerprint density at radius 1 is 1.03 bits per heavy atom. The van der Waals surface area contributed by atoms with Gasteiger partial charge in [0.25, 0.3) is 5.91 Å². The Kier molecular flexibility index (Phi) is 6.96. The van der Waals surface area contributed by atoms with E-state index >= 15 is 0 Å². The van der Waals surface area contributed by atoms with E-state index in [4.69, 9.17) is 27.9 Å². The summed E-state index contributed by atoms with van der Waals surface area (Å²) in [7, 11) is 0. The molecule has 0 saturated carbocycles. The largest absolute Gasteiger partial charge is 0.487 e. The molecule has 0 bridgehead atoms. The zero-order valence-electron chi connectivity index (χ0n) is 17.7. The van der Waals surface area contributed by atoms with Gasteiger partial charge in [-0.1, -0.05) is 53.5 Å². The summed E-state index contributed by atoms with van der Waals surface area (Å²) in [5.74, 6) is 0.182. The number of benzene rings is 3. The van der Waals surface area contributed by atoms with Crippen LogP contribution in [0.2, 0.25) is 10.0 Å². The summed E-state index contributed by atoms with van der Waals surface area (Å²) in [6, 6.07) is 18.7. The third-order valence-corrected chi connectivity index (χ3v) is 5.47. The second-order valence-corrected chi connectivity index (χ2v) is 8.34. The van der Waals surface area contributed by atoms with Crippen molar-refractivity contribution >= 4 is 34.9 Å². The Hall–Kier alpha value is -3.35. The maximum atomic E-state index is 13.1. The van der Waals surface area contributed by atoms with Crippen molar-refractivity contribution in [1.29, 1.82) is 0 Å². The van der Waals surface area contributed by atoms with Crippen molar-refractivity contribution in [3.63, 3.8) is 0 Å². The molecule has 0 fully saturated rings. The number of nitrogens with zero attached hydrogens (tertiary/aromatic N) is 2. The highest BCUT2D eigenvalue weighted by atomic mass is 35.5. The SMILES string of the molecule is Cc1ccc(Cl)c(OCc2cccc(C(=O)Nc3nn(Cc4ccc(F)cc4)cc3Cl)c2)c1. The van der Waals surface area contributed by atoms with Gasteiger partial charge in [0.2, 0.25) is 0 Å². The van der Waals surface area contributed by atoms with Crippen LogP contribution in [0.25, 0.3) is 0 Å². The fraction of sp³-hybridized carbons (Fsp3) is 0.120. The van der Waals surface area contributed by atoms with E-state index in [1.807, 2.05) is 25.1 Å². The molecular weight excluding hydrogens is 464 g/mol. The molecule has 0 radical (unpaired) electrons. The third-order valence-electron chi connectivity index (χ3n) is 4.88. The van der Waals surface area contributed by atoms with Gasteiger partial charge in [-0.15, -0.1) is 0 Å². The Morgan fingerprint density at radius 2 is 1.82 bits per heavy atom. The molecule has 168 valence electrons. The number of hydrogen-bond donors (Lipinski definition) is 1. The highest BCUT2D eigenvalue weighted by molar-refractivity contribution is 6.33. The van der Waals surface area contributed by atoms with Gasteiger partial charge in [-0.25, -0.2) is 4.39 Å². The molecule has 1 heterocycles. The molecular formula is C25H20Cl2FN3O2. The molecule has 0 aliphatic carbocycles. The highest BCUT2D eigenvalue weighted by Gasteiger charge is 2.13. The van der Waals surface area contributed by atoms with Crippen LogP contribution in [0.4, 0.5) is 10.2 Å². The normalized spacial score (nSPS) is 10.8. The quantitative estimate of drug-likeness (QED) is 0.325. The zero-order chi connectivity index (χ0) is 23.4. The minimum atomic E-state index is -0.348. The summed E-state index contributed by atoms with van der Waals surface area (Å²) >= 11 is 12.4. The van der Waals surface area contributed by atoms with Crippen LogP contribution in [0.5, 0.6) is 5.75 Å². The van der Waals surface area contributed by atoms with E-state index in [0.717, 1.165) is 16.7 Å². The van der Waals surface area contributed by atoms with E-state index < -0.39 is 0 Å². The number of carbonyl (C=O) groups excluding carboxylic acids is 1. The van der Waals surface area contributed by atoms with Crippen molar-refractivity contribution in [3.05, 3.63) is 111 Å². The summed E-state index contributed by atoms with van der Waals surface area (Å²) < 4.78 is 20.5. The molecule has 0 aliphatic heterocycles. The first-order valence-electron chi connectivity index (χ1n) is 10.1. The van der Waals surface area contributed by atoms with Gasteiger partial charge in [0, 0.05) is 11.8 Å². The number of carbonyl (C=O) groups is 1. The van der Waals surface area contributed by atoms with E-state index in [1.54, 1.807) is 47.3 Å². The molecule has 3 aromatic carbocycles. The number of aryl methyl sites for hydroxylation is 1. The zero-order valence-corrected chi connectivity index (χ0v) is 19.2. The smallest absolute Gasteiger partial charge is 0.256 e. The molecule has 8 heteroatoms. The van der Waals surface area contributed by atoms with E-state index in [0.29, 0.717) is 27.9 Å². The van der Waals surface area contributed by atoms with E-state index in [9.17, 15) is 9.18 Å². The minimum absolute atomic E-state index is 0.247. The molecule has 0 saturated heterocycles. The average molecular weight is 484 g/mol. The summed E-state index contributed by atoms with van der Waals surface area (Å²) in [5.41, 5.74) is 3.15. The lowest BCUT2D eigenvalue weighted by Crippen LogP contribution is -2.13. The molecule has 1 N–H and O–H groups in total. The Bertz CT molecular complexity index is 1290. The van der Waals surface area contributed by atoms with Crippen molar-refractivity contribution in [2.75, 3.05) is 5.32 Å². The number of aromatic nitrogens is 2. The lowest BCUT2D eigenvalue weighted by molar-refractivity contribution is 0.102. The number of hydrogen-bond acceptors (Lipinski definition) is 3. The predicted octanol–water partition coefficient (Wildman–Crippen LogP) is 6.52. The van der Waals surface area contributed by atoms with Crippen LogP contribution < -0.4 is 10.1 Å². The average Bonchev–Trinajstić information content (AvgIpc) is 3.14. The topological polar surface area (TPSA) is 56.1 Å². The number of rotatable bonds is 7. The molecule has 5 nitrogen and oxygen atoms in total. The minimum Gasteiger partial charge on any atom is -0.487 e. The van der Waals surface area contributed by atoms with Gasteiger partial charge in [-0.05, 0) is 60.0 Å². The lowest BCUT2D eigenvalue weighted by Gasteiger charge is -2.10. The first-order valence-corrected chi connectivity index (χ1v) is 10.9. The lowest BCUT2D eigenvalue weighted by atomic mass is 10.1. The number of halogens is 3. The number of ether oxygens (including phenoxy) is 1. The molecule has 1 amide bonds. The van der Waals surface area contributed by atoms with Crippen LogP contribution in [-0.4, -0.2) is 15.7 Å². The first-order chi connectivity index (χ1) is 15.9. The number of amides is 1. The molecule has 4 aromatic rings. The maximum Gasteiger partial charge on any atom is 0.256 e. The Morgan fingerprint density at radius 3 is 2.61 bits per heavy atom. The van der Waals surface area contributed by atoms with Gasteiger partial charge in [0.05, 0.1) is 11.6 Å². The predicted molar refractivity (Wildman–Crippen MR) is 128 cm³/mol. The van der Waals surface area contributed by atoms with Crippen LogP contribution in [0, 0.1) is 12.7 Å². The Balaban J connectivity index is 1.42. The molecule has 0 spiro atoms. The fourth-order valence-electron chi connectivity index (χ4n) is 3.20. The second kappa shape index (κ2) is 10.1. The van der Waals surface area contributed by atoms with Crippen LogP contribution >= 0.6 is 23.2 Å². The molecule has 4 rings (SSSR count). The number of nitrogens with one attached hydrogen (secondary N) is 1. The summed E-state index contributed by atoms with van der Waals surface area (Å²) in [6.07, 6.45) is 1.61. The van der Waals surface area contributed by atoms with Gasteiger partial charge in [0.1, 0.15) is 23.2 Å².